The summed E-state index contributed by atoms with van der Waals surface area (Å²) in [6.45, 7) is 8.10. The highest BCUT2D eigenvalue weighted by molar-refractivity contribution is 5.34. The molecule has 0 aromatic carbocycles. The molecule has 1 aliphatic heterocycles. The van der Waals surface area contributed by atoms with Gasteiger partial charge in [-0.1, -0.05) is 0 Å². The molecule has 4 heterocycles. The molecule has 0 saturated carbocycles. The van der Waals surface area contributed by atoms with Gasteiger partial charge >= 0.3 is 0 Å². The summed E-state index contributed by atoms with van der Waals surface area (Å²) >= 11 is 0. The van der Waals surface area contributed by atoms with E-state index in [9.17, 15) is 0 Å². The molecule has 1 aliphatic rings. The van der Waals surface area contributed by atoms with E-state index in [0.29, 0.717) is 0 Å². The van der Waals surface area contributed by atoms with Crippen LogP contribution in [0.2, 0.25) is 0 Å². The van der Waals surface area contributed by atoms with E-state index < -0.39 is 0 Å². The lowest BCUT2D eigenvalue weighted by atomic mass is 10.2. The standard InChI is InChI=1S/C16H21N7O/c1-12-5-13(2)23-7-14(20-16(23)19-12)6-21-3-4-24-15(8-21)9-22-11-17-10-18-22/h5,7,10-11,15H,3-4,6,8-9H2,1-2H3. The normalized spacial score (nSPS) is 19.2. The summed E-state index contributed by atoms with van der Waals surface area (Å²) in [5.41, 5.74) is 3.19. The third kappa shape index (κ3) is 3.15. The van der Waals surface area contributed by atoms with Crippen LogP contribution in [0.3, 0.4) is 0 Å². The Balaban J connectivity index is 1.45. The summed E-state index contributed by atoms with van der Waals surface area (Å²) in [5.74, 6) is 0.773. The van der Waals surface area contributed by atoms with Crippen LogP contribution in [0, 0.1) is 13.8 Å². The SMILES string of the molecule is Cc1cc(C)n2cc(CN3CCOC(Cn4cncn4)C3)nc2n1. The van der Waals surface area contributed by atoms with Crippen molar-refractivity contribution in [3.63, 3.8) is 0 Å². The van der Waals surface area contributed by atoms with E-state index in [1.165, 1.54) is 0 Å². The maximum Gasteiger partial charge on any atom is 0.234 e. The molecule has 0 spiro atoms. The first kappa shape index (κ1) is 15.2. The lowest BCUT2D eigenvalue weighted by Gasteiger charge is -2.32. The lowest BCUT2D eigenvalue weighted by Crippen LogP contribution is -2.43. The van der Waals surface area contributed by atoms with Gasteiger partial charge in [-0.25, -0.2) is 15.0 Å². The molecule has 4 rings (SSSR count). The number of aromatic nitrogens is 6. The van der Waals surface area contributed by atoms with Gasteiger partial charge in [-0.2, -0.15) is 5.10 Å². The summed E-state index contributed by atoms with van der Waals surface area (Å²) in [6.07, 6.45) is 5.48. The molecule has 0 amide bonds. The Morgan fingerprint density at radius 2 is 2.21 bits per heavy atom. The Morgan fingerprint density at radius 3 is 3.04 bits per heavy atom. The quantitative estimate of drug-likeness (QED) is 0.707. The van der Waals surface area contributed by atoms with Crippen LogP contribution in [0.25, 0.3) is 5.78 Å². The van der Waals surface area contributed by atoms with Crippen molar-refractivity contribution in [1.82, 2.24) is 34.0 Å². The van der Waals surface area contributed by atoms with Gasteiger partial charge in [0, 0.05) is 37.2 Å². The Bertz CT molecular complexity index is 826. The van der Waals surface area contributed by atoms with Crippen molar-refractivity contribution in [3.8, 4) is 0 Å². The lowest BCUT2D eigenvalue weighted by molar-refractivity contribution is -0.0405. The molecule has 3 aromatic rings. The highest BCUT2D eigenvalue weighted by atomic mass is 16.5. The van der Waals surface area contributed by atoms with E-state index in [2.05, 4.69) is 48.5 Å². The van der Waals surface area contributed by atoms with Crippen molar-refractivity contribution < 1.29 is 4.74 Å². The topological polar surface area (TPSA) is 73.4 Å². The molecule has 3 aromatic heterocycles. The number of nitrogens with zero attached hydrogens (tertiary/aromatic N) is 7. The third-order valence-corrected chi connectivity index (χ3v) is 4.28. The van der Waals surface area contributed by atoms with Gasteiger partial charge in [-0.05, 0) is 19.9 Å². The molecule has 1 saturated heterocycles. The molecular formula is C16H21N7O. The Labute approximate surface area is 140 Å². The van der Waals surface area contributed by atoms with E-state index in [1.54, 1.807) is 12.7 Å². The van der Waals surface area contributed by atoms with Crippen molar-refractivity contribution >= 4 is 5.78 Å². The number of hydrogen-bond acceptors (Lipinski definition) is 6. The van der Waals surface area contributed by atoms with E-state index in [1.807, 2.05) is 11.6 Å². The van der Waals surface area contributed by atoms with Crippen molar-refractivity contribution in [2.24, 2.45) is 0 Å². The first-order chi connectivity index (χ1) is 11.7. The fourth-order valence-electron chi connectivity index (χ4n) is 3.19. The second kappa shape index (κ2) is 6.29. The number of rotatable bonds is 4. The average Bonchev–Trinajstić information content (AvgIpc) is 3.17. The van der Waals surface area contributed by atoms with E-state index >= 15 is 0 Å². The predicted octanol–water partition coefficient (Wildman–Crippen LogP) is 0.839. The summed E-state index contributed by atoms with van der Waals surface area (Å²) in [7, 11) is 0. The van der Waals surface area contributed by atoms with Gasteiger partial charge in [0.2, 0.25) is 5.78 Å². The van der Waals surface area contributed by atoms with Crippen LogP contribution in [0.1, 0.15) is 17.1 Å². The molecule has 8 nitrogen and oxygen atoms in total. The molecule has 1 fully saturated rings. The van der Waals surface area contributed by atoms with Gasteiger partial charge in [-0.15, -0.1) is 0 Å². The van der Waals surface area contributed by atoms with Gasteiger partial charge in [0.1, 0.15) is 12.7 Å². The number of hydrogen-bond donors (Lipinski definition) is 0. The Morgan fingerprint density at radius 1 is 1.29 bits per heavy atom. The van der Waals surface area contributed by atoms with E-state index in [-0.39, 0.29) is 6.10 Å². The molecule has 24 heavy (non-hydrogen) atoms. The maximum absolute atomic E-state index is 5.84. The van der Waals surface area contributed by atoms with Gasteiger partial charge < -0.3 is 4.74 Å². The van der Waals surface area contributed by atoms with E-state index in [0.717, 1.165) is 55.6 Å². The van der Waals surface area contributed by atoms with Crippen LogP contribution < -0.4 is 0 Å². The van der Waals surface area contributed by atoms with E-state index in [4.69, 9.17) is 4.74 Å². The minimum absolute atomic E-state index is 0.125. The fraction of sp³-hybridized carbons (Fsp3) is 0.500. The van der Waals surface area contributed by atoms with Crippen molar-refractivity contribution in [2.75, 3.05) is 19.7 Å². The van der Waals surface area contributed by atoms with Crippen molar-refractivity contribution in [1.29, 1.82) is 0 Å². The van der Waals surface area contributed by atoms with Crippen LogP contribution in [-0.2, 0) is 17.8 Å². The minimum Gasteiger partial charge on any atom is -0.374 e. The minimum atomic E-state index is 0.125. The summed E-state index contributed by atoms with van der Waals surface area (Å²) in [4.78, 5) is 15.5. The highest BCUT2D eigenvalue weighted by Gasteiger charge is 2.22. The average molecular weight is 327 g/mol. The molecule has 0 aliphatic carbocycles. The van der Waals surface area contributed by atoms with Crippen LogP contribution in [-0.4, -0.2) is 59.8 Å². The smallest absolute Gasteiger partial charge is 0.234 e. The fourth-order valence-corrected chi connectivity index (χ4v) is 3.19. The first-order valence-corrected chi connectivity index (χ1v) is 8.16. The van der Waals surface area contributed by atoms with Crippen molar-refractivity contribution in [2.45, 2.75) is 33.0 Å². The zero-order valence-electron chi connectivity index (χ0n) is 14.0. The van der Waals surface area contributed by atoms with Crippen LogP contribution in [0.4, 0.5) is 0 Å². The van der Waals surface area contributed by atoms with Gasteiger partial charge in [0.05, 0.1) is 24.9 Å². The molecule has 1 atom stereocenters. The van der Waals surface area contributed by atoms with Gasteiger partial charge in [0.25, 0.3) is 0 Å². The highest BCUT2D eigenvalue weighted by Crippen LogP contribution is 2.13. The summed E-state index contributed by atoms with van der Waals surface area (Å²) in [5, 5.41) is 4.15. The molecule has 0 radical (unpaired) electrons. The number of imidazole rings is 1. The van der Waals surface area contributed by atoms with Crippen molar-refractivity contribution in [3.05, 3.63) is 42.0 Å². The molecule has 8 heteroatoms. The molecule has 1 unspecified atom stereocenters. The monoisotopic (exact) mass is 327 g/mol. The predicted molar refractivity (Wildman–Crippen MR) is 87.5 cm³/mol. The molecule has 0 N–H and O–H groups in total. The van der Waals surface area contributed by atoms with Crippen LogP contribution in [0.15, 0.2) is 24.9 Å². The Hall–Kier alpha value is -2.32. The van der Waals surface area contributed by atoms with Gasteiger partial charge in [0.15, 0.2) is 0 Å². The number of aryl methyl sites for hydroxylation is 2. The number of morpholine rings is 1. The Kier molecular flexibility index (Phi) is 3.99. The van der Waals surface area contributed by atoms with Gasteiger partial charge in [-0.3, -0.25) is 14.0 Å². The number of ether oxygens (including phenoxy) is 1. The first-order valence-electron chi connectivity index (χ1n) is 8.16. The zero-order valence-corrected chi connectivity index (χ0v) is 14.0. The molecule has 126 valence electrons. The van der Waals surface area contributed by atoms with Crippen LogP contribution in [0.5, 0.6) is 0 Å². The summed E-state index contributed by atoms with van der Waals surface area (Å²) < 4.78 is 9.71. The third-order valence-electron chi connectivity index (χ3n) is 4.28. The molecular weight excluding hydrogens is 306 g/mol. The summed E-state index contributed by atoms with van der Waals surface area (Å²) in [6, 6.07) is 2.07. The van der Waals surface area contributed by atoms with Crippen LogP contribution >= 0.6 is 0 Å². The second-order valence-corrected chi connectivity index (χ2v) is 6.29. The molecule has 0 bridgehead atoms. The second-order valence-electron chi connectivity index (χ2n) is 6.29. The zero-order chi connectivity index (χ0) is 16.5. The maximum atomic E-state index is 5.84. The largest absolute Gasteiger partial charge is 0.374 e. The number of fused-ring (bicyclic) bond motifs is 1.